The number of amides is 1. The zero-order valence-corrected chi connectivity index (χ0v) is 19.6. The molecule has 0 spiro atoms. The molecule has 168 valence electrons. The molecule has 2 rings (SSSR count). The molecule has 0 radical (unpaired) electrons. The Kier molecular flexibility index (Phi) is 8.98. The van der Waals surface area contributed by atoms with Gasteiger partial charge in [-0.15, -0.1) is 0 Å². The second-order valence-corrected chi connectivity index (χ2v) is 9.39. The minimum atomic E-state index is -3.79. The van der Waals surface area contributed by atoms with Crippen molar-refractivity contribution in [1.82, 2.24) is 10.0 Å². The second kappa shape index (κ2) is 11.2. The van der Waals surface area contributed by atoms with E-state index >= 15 is 0 Å². The third-order valence-electron chi connectivity index (χ3n) is 4.88. The SMILES string of the molecule is CNC(=O)[C@@H](C)/C=C/[C@H](COCc1ccccc1)NS(=O)(=O)c1c(C)cc(C)cc1C. The summed E-state index contributed by atoms with van der Waals surface area (Å²) in [6.45, 7) is 7.76. The van der Waals surface area contributed by atoms with E-state index in [-0.39, 0.29) is 17.4 Å². The average Bonchev–Trinajstić information content (AvgIpc) is 2.70. The van der Waals surface area contributed by atoms with Crippen molar-refractivity contribution in [3.05, 3.63) is 76.9 Å². The third-order valence-corrected chi connectivity index (χ3v) is 6.68. The van der Waals surface area contributed by atoms with Gasteiger partial charge in [-0.25, -0.2) is 13.1 Å². The maximum Gasteiger partial charge on any atom is 0.241 e. The highest BCUT2D eigenvalue weighted by atomic mass is 32.2. The summed E-state index contributed by atoms with van der Waals surface area (Å²) in [6.07, 6.45) is 3.37. The Hall–Kier alpha value is -2.48. The molecule has 6 nitrogen and oxygen atoms in total. The van der Waals surface area contributed by atoms with Crippen LogP contribution in [0, 0.1) is 26.7 Å². The highest BCUT2D eigenvalue weighted by Gasteiger charge is 2.23. The molecule has 0 saturated heterocycles. The number of carbonyl (C=O) groups is 1. The number of sulfonamides is 1. The fraction of sp³-hybridized carbons (Fsp3) is 0.375. The van der Waals surface area contributed by atoms with Crippen LogP contribution >= 0.6 is 0 Å². The maximum atomic E-state index is 13.2. The van der Waals surface area contributed by atoms with Crippen molar-refractivity contribution in [1.29, 1.82) is 0 Å². The number of carbonyl (C=O) groups excluding carboxylic acids is 1. The molecule has 0 heterocycles. The molecule has 0 fully saturated rings. The van der Waals surface area contributed by atoms with Crippen LogP contribution in [-0.4, -0.2) is 34.0 Å². The van der Waals surface area contributed by atoms with Gasteiger partial charge in [0.1, 0.15) is 0 Å². The van der Waals surface area contributed by atoms with Crippen molar-refractivity contribution < 1.29 is 17.9 Å². The smallest absolute Gasteiger partial charge is 0.241 e. The van der Waals surface area contributed by atoms with Gasteiger partial charge in [0.15, 0.2) is 0 Å². The van der Waals surface area contributed by atoms with E-state index in [2.05, 4.69) is 10.0 Å². The van der Waals surface area contributed by atoms with Gasteiger partial charge >= 0.3 is 0 Å². The maximum absolute atomic E-state index is 13.2. The van der Waals surface area contributed by atoms with E-state index in [1.165, 1.54) is 0 Å². The van der Waals surface area contributed by atoms with Crippen LogP contribution in [0.2, 0.25) is 0 Å². The lowest BCUT2D eigenvalue weighted by molar-refractivity contribution is -0.122. The number of aryl methyl sites for hydroxylation is 3. The first-order valence-electron chi connectivity index (χ1n) is 10.3. The highest BCUT2D eigenvalue weighted by Crippen LogP contribution is 2.22. The molecule has 31 heavy (non-hydrogen) atoms. The zero-order chi connectivity index (χ0) is 23.0. The van der Waals surface area contributed by atoms with Crippen LogP contribution < -0.4 is 10.0 Å². The molecule has 2 aromatic carbocycles. The van der Waals surface area contributed by atoms with Gasteiger partial charge in [-0.3, -0.25) is 4.79 Å². The fourth-order valence-electron chi connectivity index (χ4n) is 3.47. The first-order chi connectivity index (χ1) is 14.6. The van der Waals surface area contributed by atoms with Crippen LogP contribution in [0.15, 0.2) is 59.5 Å². The normalized spacial score (nSPS) is 13.8. The van der Waals surface area contributed by atoms with Gasteiger partial charge in [0.25, 0.3) is 0 Å². The summed E-state index contributed by atoms with van der Waals surface area (Å²) in [6, 6.07) is 12.7. The fourth-order valence-corrected chi connectivity index (χ4v) is 5.10. The van der Waals surface area contributed by atoms with E-state index in [1.807, 2.05) is 49.4 Å². The van der Waals surface area contributed by atoms with Crippen LogP contribution in [0.4, 0.5) is 0 Å². The predicted molar refractivity (Wildman–Crippen MR) is 123 cm³/mol. The number of rotatable bonds is 10. The molecule has 2 atom stereocenters. The summed E-state index contributed by atoms with van der Waals surface area (Å²) in [5.41, 5.74) is 3.39. The van der Waals surface area contributed by atoms with Crippen molar-refractivity contribution in [2.45, 2.75) is 45.2 Å². The lowest BCUT2D eigenvalue weighted by Crippen LogP contribution is -2.37. The highest BCUT2D eigenvalue weighted by molar-refractivity contribution is 7.89. The lowest BCUT2D eigenvalue weighted by Gasteiger charge is -2.19. The quantitative estimate of drug-likeness (QED) is 0.550. The molecule has 2 N–H and O–H groups in total. The Morgan fingerprint density at radius 1 is 1.06 bits per heavy atom. The molecule has 0 aromatic heterocycles. The van der Waals surface area contributed by atoms with E-state index in [0.717, 1.165) is 11.1 Å². The second-order valence-electron chi connectivity index (χ2n) is 7.74. The number of ether oxygens (including phenoxy) is 1. The van der Waals surface area contributed by atoms with Gasteiger partial charge in [-0.1, -0.05) is 67.1 Å². The van der Waals surface area contributed by atoms with Crippen molar-refractivity contribution >= 4 is 15.9 Å². The van der Waals surface area contributed by atoms with Gasteiger partial charge in [-0.05, 0) is 37.5 Å². The summed E-state index contributed by atoms with van der Waals surface area (Å²) in [5.74, 6) is -0.540. The first kappa shape index (κ1) is 24.8. The molecule has 0 aliphatic rings. The average molecular weight is 445 g/mol. The van der Waals surface area contributed by atoms with Crippen molar-refractivity contribution in [3.8, 4) is 0 Å². The minimum Gasteiger partial charge on any atom is -0.375 e. The Morgan fingerprint density at radius 2 is 1.68 bits per heavy atom. The molecule has 0 unspecified atom stereocenters. The zero-order valence-electron chi connectivity index (χ0n) is 18.8. The van der Waals surface area contributed by atoms with E-state index in [0.29, 0.717) is 17.7 Å². The summed E-state index contributed by atoms with van der Waals surface area (Å²) in [4.78, 5) is 12.1. The molecule has 1 amide bonds. The van der Waals surface area contributed by atoms with E-state index < -0.39 is 22.0 Å². The van der Waals surface area contributed by atoms with Gasteiger partial charge in [0, 0.05) is 7.05 Å². The standard InChI is InChI=1S/C24H32N2O4S/c1-17-13-19(3)23(20(4)14-17)31(28,29)26-22(12-11-18(2)24(27)25-5)16-30-15-21-9-7-6-8-10-21/h6-14,18,22,26H,15-16H2,1-5H3,(H,25,27)/b12-11+/t18-,22+/m0/s1. The molecule has 0 aliphatic carbocycles. The molecule has 0 bridgehead atoms. The van der Waals surface area contributed by atoms with Gasteiger partial charge in [-0.2, -0.15) is 0 Å². The Bertz CT molecular complexity index is 994. The lowest BCUT2D eigenvalue weighted by atomic mass is 10.1. The number of nitrogens with one attached hydrogen (secondary N) is 2. The van der Waals surface area contributed by atoms with Crippen molar-refractivity contribution in [2.75, 3.05) is 13.7 Å². The van der Waals surface area contributed by atoms with Gasteiger partial charge in [0.2, 0.25) is 15.9 Å². The molecular formula is C24H32N2O4S. The van der Waals surface area contributed by atoms with Crippen LogP contribution in [0.1, 0.15) is 29.2 Å². The van der Waals surface area contributed by atoms with Crippen LogP contribution in [-0.2, 0) is 26.2 Å². The molecule has 7 heteroatoms. The third kappa shape index (κ3) is 7.31. The van der Waals surface area contributed by atoms with Crippen LogP contribution in [0.3, 0.4) is 0 Å². The minimum absolute atomic E-state index is 0.134. The number of hydrogen-bond donors (Lipinski definition) is 2. The van der Waals surface area contributed by atoms with Crippen molar-refractivity contribution in [2.24, 2.45) is 5.92 Å². The first-order valence-corrected chi connectivity index (χ1v) is 11.7. The molecule has 2 aromatic rings. The largest absolute Gasteiger partial charge is 0.375 e. The van der Waals surface area contributed by atoms with Gasteiger partial charge < -0.3 is 10.1 Å². The summed E-state index contributed by atoms with van der Waals surface area (Å²) < 4.78 is 34.9. The van der Waals surface area contributed by atoms with E-state index in [9.17, 15) is 13.2 Å². The molecule has 0 saturated carbocycles. The molecule has 0 aliphatic heterocycles. The predicted octanol–water partition coefficient (Wildman–Crippen LogP) is 3.41. The Balaban J connectivity index is 2.22. The summed E-state index contributed by atoms with van der Waals surface area (Å²) in [7, 11) is -2.22. The van der Waals surface area contributed by atoms with Gasteiger partial charge in [0.05, 0.1) is 30.1 Å². The number of hydrogen-bond acceptors (Lipinski definition) is 4. The monoisotopic (exact) mass is 444 g/mol. The van der Waals surface area contributed by atoms with Crippen LogP contribution in [0.25, 0.3) is 0 Å². The Morgan fingerprint density at radius 3 is 2.26 bits per heavy atom. The number of benzene rings is 2. The van der Waals surface area contributed by atoms with Crippen molar-refractivity contribution in [3.63, 3.8) is 0 Å². The summed E-state index contributed by atoms with van der Waals surface area (Å²) >= 11 is 0. The molecular weight excluding hydrogens is 412 g/mol. The van der Waals surface area contributed by atoms with Crippen LogP contribution in [0.5, 0.6) is 0 Å². The topological polar surface area (TPSA) is 84.5 Å². The van der Waals surface area contributed by atoms with E-state index in [1.54, 1.807) is 40.0 Å². The van der Waals surface area contributed by atoms with E-state index in [4.69, 9.17) is 4.74 Å². The Labute approximate surface area is 185 Å². The summed E-state index contributed by atoms with van der Waals surface area (Å²) in [5, 5.41) is 2.59.